The molecule has 0 fully saturated rings. The number of rotatable bonds is 46. The van der Waals surface area contributed by atoms with Gasteiger partial charge in [-0.3, -0.25) is 9.59 Å². The number of carboxylic acid groups (broad SMARTS) is 1. The molecule has 0 aliphatic rings. The van der Waals surface area contributed by atoms with Gasteiger partial charge < -0.3 is 20.9 Å². The summed E-state index contributed by atoms with van der Waals surface area (Å²) in [5.74, 6) is -1.21. The number of ether oxygens (including phenoxy) is 1. The average molecular weight is 793 g/mol. The minimum atomic E-state index is -0.999. The molecular formula is C49H96N2O5. The standard InChI is InChI=1S/C49H96N2O5/c1-3-5-7-9-11-13-15-17-18-19-20-21-22-24-26-28-33-37-43-48(53)56-45(39-34-30-27-25-23-16-14-12-10-8-6-4-2)40-35-31-29-32-36-42-47(52)51-46(49(54)55)41-38-44-50/h45-46H,3-44,50H2,1-2H3,(H,51,52)(H,54,55). The number of hydrogen-bond acceptors (Lipinski definition) is 5. The first-order valence-corrected chi connectivity index (χ1v) is 24.9. The van der Waals surface area contributed by atoms with Gasteiger partial charge in [-0.1, -0.05) is 213 Å². The third-order valence-electron chi connectivity index (χ3n) is 11.7. The molecule has 1 amide bonds. The molecule has 0 aromatic carbocycles. The lowest BCUT2D eigenvalue weighted by atomic mass is 10.0. The zero-order valence-corrected chi connectivity index (χ0v) is 37.5. The Kier molecular flexibility index (Phi) is 43.2. The molecule has 0 saturated heterocycles. The molecule has 7 heteroatoms. The fraction of sp³-hybridized carbons (Fsp3) is 0.939. The van der Waals surface area contributed by atoms with Crippen LogP contribution in [0.3, 0.4) is 0 Å². The number of nitrogens with two attached hydrogens (primary N) is 1. The maximum Gasteiger partial charge on any atom is 0.326 e. The van der Waals surface area contributed by atoms with Gasteiger partial charge in [0.25, 0.3) is 0 Å². The zero-order valence-electron chi connectivity index (χ0n) is 37.5. The lowest BCUT2D eigenvalue weighted by molar-refractivity contribution is -0.150. The Labute approximate surface area is 348 Å². The van der Waals surface area contributed by atoms with Crippen LogP contribution in [-0.2, 0) is 19.1 Å². The summed E-state index contributed by atoms with van der Waals surface area (Å²) in [6.07, 6.45) is 48.7. The van der Waals surface area contributed by atoms with E-state index in [1.807, 2.05) is 0 Å². The molecule has 0 heterocycles. The molecule has 0 radical (unpaired) electrons. The van der Waals surface area contributed by atoms with Crippen LogP contribution in [-0.4, -0.2) is 41.6 Å². The van der Waals surface area contributed by atoms with E-state index in [9.17, 15) is 19.5 Å². The second-order valence-corrected chi connectivity index (χ2v) is 17.2. The Morgan fingerprint density at radius 2 is 0.768 bits per heavy atom. The van der Waals surface area contributed by atoms with Crippen molar-refractivity contribution in [1.29, 1.82) is 0 Å². The molecular weight excluding hydrogens is 697 g/mol. The predicted molar refractivity (Wildman–Crippen MR) is 239 cm³/mol. The van der Waals surface area contributed by atoms with Crippen molar-refractivity contribution in [3.8, 4) is 0 Å². The van der Waals surface area contributed by atoms with Gasteiger partial charge in [0.05, 0.1) is 0 Å². The zero-order chi connectivity index (χ0) is 41.0. The van der Waals surface area contributed by atoms with Gasteiger partial charge in [0.1, 0.15) is 12.1 Å². The molecule has 0 spiro atoms. The number of nitrogens with one attached hydrogen (secondary N) is 1. The van der Waals surface area contributed by atoms with Crippen LogP contribution in [0.2, 0.25) is 0 Å². The number of esters is 1. The van der Waals surface area contributed by atoms with Crippen molar-refractivity contribution < 1.29 is 24.2 Å². The smallest absolute Gasteiger partial charge is 0.326 e. The summed E-state index contributed by atoms with van der Waals surface area (Å²) < 4.78 is 6.08. The molecule has 4 N–H and O–H groups in total. The summed E-state index contributed by atoms with van der Waals surface area (Å²) in [6, 6.07) is -0.852. The largest absolute Gasteiger partial charge is 0.480 e. The Morgan fingerprint density at radius 3 is 1.11 bits per heavy atom. The van der Waals surface area contributed by atoms with Crippen molar-refractivity contribution in [3.63, 3.8) is 0 Å². The van der Waals surface area contributed by atoms with Crippen molar-refractivity contribution in [2.75, 3.05) is 6.54 Å². The van der Waals surface area contributed by atoms with E-state index in [-0.39, 0.29) is 18.0 Å². The van der Waals surface area contributed by atoms with E-state index in [1.165, 1.54) is 173 Å². The molecule has 0 rings (SSSR count). The van der Waals surface area contributed by atoms with Gasteiger partial charge in [0.2, 0.25) is 5.91 Å². The minimum Gasteiger partial charge on any atom is -0.480 e. The normalized spacial score (nSPS) is 12.5. The Morgan fingerprint density at radius 1 is 0.446 bits per heavy atom. The number of carbonyl (C=O) groups is 3. The second kappa shape index (κ2) is 44.5. The summed E-state index contributed by atoms with van der Waals surface area (Å²) >= 11 is 0. The lowest BCUT2D eigenvalue weighted by Crippen LogP contribution is -2.40. The molecule has 0 saturated carbocycles. The van der Waals surface area contributed by atoms with Gasteiger partial charge in [-0.05, 0) is 57.9 Å². The van der Waals surface area contributed by atoms with Gasteiger partial charge in [-0.25, -0.2) is 4.79 Å². The van der Waals surface area contributed by atoms with Crippen LogP contribution in [0.4, 0.5) is 0 Å². The first-order valence-electron chi connectivity index (χ1n) is 24.9. The van der Waals surface area contributed by atoms with Gasteiger partial charge in [-0.15, -0.1) is 0 Å². The predicted octanol–water partition coefficient (Wildman–Crippen LogP) is 14.5. The van der Waals surface area contributed by atoms with Gasteiger partial charge in [0, 0.05) is 12.8 Å². The minimum absolute atomic E-state index is 0.0115. The highest BCUT2D eigenvalue weighted by atomic mass is 16.5. The van der Waals surface area contributed by atoms with Gasteiger partial charge >= 0.3 is 11.9 Å². The fourth-order valence-corrected chi connectivity index (χ4v) is 7.92. The van der Waals surface area contributed by atoms with E-state index in [0.29, 0.717) is 32.2 Å². The van der Waals surface area contributed by atoms with Crippen LogP contribution in [0.1, 0.15) is 277 Å². The summed E-state index contributed by atoms with van der Waals surface area (Å²) in [5.41, 5.74) is 5.50. The molecule has 0 aromatic heterocycles. The molecule has 2 atom stereocenters. The first-order chi connectivity index (χ1) is 27.4. The summed E-state index contributed by atoms with van der Waals surface area (Å²) in [5, 5.41) is 12.0. The van der Waals surface area contributed by atoms with Crippen LogP contribution >= 0.6 is 0 Å². The third kappa shape index (κ3) is 40.6. The highest BCUT2D eigenvalue weighted by Crippen LogP contribution is 2.20. The average Bonchev–Trinajstić information content (AvgIpc) is 3.18. The molecule has 0 aromatic rings. The van der Waals surface area contributed by atoms with Crippen molar-refractivity contribution in [2.24, 2.45) is 5.73 Å². The van der Waals surface area contributed by atoms with E-state index in [1.54, 1.807) is 0 Å². The maximum atomic E-state index is 12.9. The topological polar surface area (TPSA) is 119 Å². The van der Waals surface area contributed by atoms with E-state index >= 15 is 0 Å². The van der Waals surface area contributed by atoms with Crippen LogP contribution in [0.15, 0.2) is 0 Å². The highest BCUT2D eigenvalue weighted by molar-refractivity contribution is 5.83. The molecule has 56 heavy (non-hydrogen) atoms. The molecule has 7 nitrogen and oxygen atoms in total. The van der Waals surface area contributed by atoms with E-state index in [4.69, 9.17) is 10.5 Å². The third-order valence-corrected chi connectivity index (χ3v) is 11.7. The molecule has 0 aliphatic heterocycles. The number of aliphatic carboxylic acids is 1. The molecule has 0 aliphatic carbocycles. The number of carboxylic acids is 1. The summed E-state index contributed by atoms with van der Waals surface area (Å²) in [6.45, 7) is 4.98. The van der Waals surface area contributed by atoms with Crippen LogP contribution in [0.5, 0.6) is 0 Å². The Hall–Kier alpha value is -1.63. The lowest BCUT2D eigenvalue weighted by Gasteiger charge is -2.18. The van der Waals surface area contributed by atoms with Crippen molar-refractivity contribution in [2.45, 2.75) is 289 Å². The van der Waals surface area contributed by atoms with E-state index < -0.39 is 12.0 Å². The van der Waals surface area contributed by atoms with Crippen LogP contribution < -0.4 is 11.1 Å². The number of unbranched alkanes of at least 4 members (excludes halogenated alkanes) is 32. The first kappa shape index (κ1) is 54.4. The maximum absolute atomic E-state index is 12.9. The molecule has 2 unspecified atom stereocenters. The highest BCUT2D eigenvalue weighted by Gasteiger charge is 2.19. The summed E-state index contributed by atoms with van der Waals surface area (Å²) in [4.78, 5) is 36.5. The monoisotopic (exact) mass is 793 g/mol. The summed E-state index contributed by atoms with van der Waals surface area (Å²) in [7, 11) is 0. The van der Waals surface area contributed by atoms with Crippen molar-refractivity contribution in [1.82, 2.24) is 5.32 Å². The van der Waals surface area contributed by atoms with Gasteiger partial charge in [0.15, 0.2) is 0 Å². The van der Waals surface area contributed by atoms with Crippen molar-refractivity contribution >= 4 is 17.8 Å². The molecule has 332 valence electrons. The Balaban J connectivity index is 4.20. The van der Waals surface area contributed by atoms with Crippen molar-refractivity contribution in [3.05, 3.63) is 0 Å². The SMILES string of the molecule is CCCCCCCCCCCCCCCCCCCCC(=O)OC(CCCCCCCCCCCCCC)CCCCCCCC(=O)NC(CCCN)C(=O)O. The Bertz CT molecular complexity index is 852. The number of hydrogen-bond donors (Lipinski definition) is 3. The van der Waals surface area contributed by atoms with E-state index in [2.05, 4.69) is 19.2 Å². The van der Waals surface area contributed by atoms with Gasteiger partial charge in [-0.2, -0.15) is 0 Å². The fourth-order valence-electron chi connectivity index (χ4n) is 7.92. The second-order valence-electron chi connectivity index (χ2n) is 17.2. The van der Waals surface area contributed by atoms with Crippen LogP contribution in [0.25, 0.3) is 0 Å². The number of amides is 1. The van der Waals surface area contributed by atoms with Crippen LogP contribution in [0, 0.1) is 0 Å². The van der Waals surface area contributed by atoms with E-state index in [0.717, 1.165) is 64.2 Å². The molecule has 0 bridgehead atoms. The number of carbonyl (C=O) groups excluding carboxylic acids is 2. The quantitative estimate of drug-likeness (QED) is 0.0417.